The van der Waals surface area contributed by atoms with Crippen LogP contribution in [0.5, 0.6) is 0 Å². The number of anilines is 1. The molecule has 0 atom stereocenters. The highest BCUT2D eigenvalue weighted by molar-refractivity contribution is 7.13. The van der Waals surface area contributed by atoms with Crippen LogP contribution in [0.2, 0.25) is 5.02 Å². The van der Waals surface area contributed by atoms with Crippen LogP contribution < -0.4 is 5.32 Å². The standard InChI is InChI=1S/C14H11ClN2O2S/c1-7-6-20-14(16-7)17-13(18)12-8(2)10-5-9(15)3-4-11(10)19-12/h3-6H,1-2H3,(H,16,17,18). The van der Waals surface area contributed by atoms with Gasteiger partial charge in [0.15, 0.2) is 10.9 Å². The third-order valence-electron chi connectivity index (χ3n) is 2.94. The Morgan fingerprint density at radius 3 is 2.90 bits per heavy atom. The van der Waals surface area contributed by atoms with E-state index in [0.717, 1.165) is 16.6 Å². The van der Waals surface area contributed by atoms with Gasteiger partial charge in [0.1, 0.15) is 5.58 Å². The Bertz CT molecular complexity index is 807. The molecule has 4 nitrogen and oxygen atoms in total. The number of aromatic nitrogens is 1. The molecule has 1 amide bonds. The number of hydrogen-bond acceptors (Lipinski definition) is 4. The van der Waals surface area contributed by atoms with Crippen LogP contribution in [0.15, 0.2) is 28.0 Å². The molecule has 2 heterocycles. The molecular weight excluding hydrogens is 296 g/mol. The number of aryl methyl sites for hydroxylation is 2. The molecule has 102 valence electrons. The predicted octanol–water partition coefficient (Wildman–Crippen LogP) is 4.41. The normalized spacial score (nSPS) is 10.9. The Hall–Kier alpha value is -1.85. The van der Waals surface area contributed by atoms with E-state index in [1.807, 2.05) is 19.2 Å². The smallest absolute Gasteiger partial charge is 0.293 e. The summed E-state index contributed by atoms with van der Waals surface area (Å²) in [7, 11) is 0. The molecule has 20 heavy (non-hydrogen) atoms. The lowest BCUT2D eigenvalue weighted by Gasteiger charge is -1.98. The van der Waals surface area contributed by atoms with Gasteiger partial charge in [-0.15, -0.1) is 11.3 Å². The molecule has 0 aliphatic heterocycles. The summed E-state index contributed by atoms with van der Waals surface area (Å²) in [5.74, 6) is -0.0145. The van der Waals surface area contributed by atoms with Crippen molar-refractivity contribution in [3.05, 3.63) is 45.6 Å². The third kappa shape index (κ3) is 2.30. The lowest BCUT2D eigenvalue weighted by atomic mass is 10.1. The average Bonchev–Trinajstić information content (AvgIpc) is 2.94. The first-order chi connectivity index (χ1) is 9.54. The minimum Gasteiger partial charge on any atom is -0.451 e. The number of hydrogen-bond donors (Lipinski definition) is 1. The monoisotopic (exact) mass is 306 g/mol. The van der Waals surface area contributed by atoms with E-state index in [9.17, 15) is 4.79 Å². The van der Waals surface area contributed by atoms with Crippen LogP contribution in [-0.4, -0.2) is 10.9 Å². The number of fused-ring (bicyclic) bond motifs is 1. The van der Waals surface area contributed by atoms with Gasteiger partial charge in [-0.3, -0.25) is 10.1 Å². The zero-order valence-electron chi connectivity index (χ0n) is 10.9. The first kappa shape index (κ1) is 13.1. The number of carbonyl (C=O) groups excluding carboxylic acids is 1. The molecule has 0 aliphatic carbocycles. The molecule has 0 saturated heterocycles. The van der Waals surface area contributed by atoms with Crippen molar-refractivity contribution in [2.45, 2.75) is 13.8 Å². The van der Waals surface area contributed by atoms with E-state index < -0.39 is 0 Å². The molecule has 0 bridgehead atoms. The minimum atomic E-state index is -0.302. The van der Waals surface area contributed by atoms with Gasteiger partial charge < -0.3 is 4.42 Å². The first-order valence-electron chi connectivity index (χ1n) is 5.97. The van der Waals surface area contributed by atoms with Gasteiger partial charge in [0.25, 0.3) is 5.91 Å². The molecule has 0 aliphatic rings. The predicted molar refractivity (Wildman–Crippen MR) is 80.8 cm³/mol. The number of furan rings is 1. The number of nitrogens with zero attached hydrogens (tertiary/aromatic N) is 1. The lowest BCUT2D eigenvalue weighted by molar-refractivity contribution is 0.0998. The zero-order valence-corrected chi connectivity index (χ0v) is 12.4. The second-order valence-corrected chi connectivity index (χ2v) is 5.74. The van der Waals surface area contributed by atoms with Gasteiger partial charge in [0, 0.05) is 21.4 Å². The fourth-order valence-corrected chi connectivity index (χ4v) is 2.83. The largest absolute Gasteiger partial charge is 0.451 e. The number of rotatable bonds is 2. The van der Waals surface area contributed by atoms with Crippen molar-refractivity contribution in [2.24, 2.45) is 0 Å². The highest BCUT2D eigenvalue weighted by atomic mass is 35.5. The molecule has 1 N–H and O–H groups in total. The van der Waals surface area contributed by atoms with Gasteiger partial charge in [-0.1, -0.05) is 11.6 Å². The summed E-state index contributed by atoms with van der Waals surface area (Å²) in [4.78, 5) is 16.4. The lowest BCUT2D eigenvalue weighted by Crippen LogP contribution is -2.11. The molecule has 0 fully saturated rings. The molecule has 0 spiro atoms. The quantitative estimate of drug-likeness (QED) is 0.763. The van der Waals surface area contributed by atoms with Crippen LogP contribution in [0.25, 0.3) is 11.0 Å². The van der Waals surface area contributed by atoms with Gasteiger partial charge >= 0.3 is 0 Å². The summed E-state index contributed by atoms with van der Waals surface area (Å²) < 4.78 is 5.60. The fourth-order valence-electron chi connectivity index (χ4n) is 1.97. The van der Waals surface area contributed by atoms with E-state index in [1.54, 1.807) is 18.2 Å². The van der Waals surface area contributed by atoms with Gasteiger partial charge in [-0.25, -0.2) is 4.98 Å². The van der Waals surface area contributed by atoms with Crippen LogP contribution in [0, 0.1) is 13.8 Å². The Morgan fingerprint density at radius 2 is 2.20 bits per heavy atom. The summed E-state index contributed by atoms with van der Waals surface area (Å²) >= 11 is 7.34. The number of benzene rings is 1. The van der Waals surface area contributed by atoms with Crippen molar-refractivity contribution >= 4 is 44.9 Å². The van der Waals surface area contributed by atoms with E-state index in [1.165, 1.54) is 11.3 Å². The number of halogens is 1. The summed E-state index contributed by atoms with van der Waals surface area (Å²) in [6, 6.07) is 5.29. The van der Waals surface area contributed by atoms with Crippen LogP contribution in [-0.2, 0) is 0 Å². The highest BCUT2D eigenvalue weighted by Gasteiger charge is 2.18. The van der Waals surface area contributed by atoms with Crippen molar-refractivity contribution in [3.63, 3.8) is 0 Å². The molecule has 0 radical (unpaired) electrons. The van der Waals surface area contributed by atoms with E-state index in [0.29, 0.717) is 15.7 Å². The second kappa shape index (κ2) is 4.92. The van der Waals surface area contributed by atoms with Gasteiger partial charge in [0.05, 0.1) is 5.69 Å². The van der Waals surface area contributed by atoms with Crippen molar-refractivity contribution in [2.75, 3.05) is 5.32 Å². The van der Waals surface area contributed by atoms with Crippen molar-refractivity contribution in [3.8, 4) is 0 Å². The van der Waals surface area contributed by atoms with Gasteiger partial charge in [0.2, 0.25) is 0 Å². The fraction of sp³-hybridized carbons (Fsp3) is 0.143. The topological polar surface area (TPSA) is 55.1 Å². The van der Waals surface area contributed by atoms with Crippen LogP contribution in [0.4, 0.5) is 5.13 Å². The Balaban J connectivity index is 1.97. The SMILES string of the molecule is Cc1csc(NC(=O)c2oc3ccc(Cl)cc3c2C)n1. The minimum absolute atomic E-state index is 0.287. The maximum atomic E-state index is 12.2. The molecule has 0 unspecified atom stereocenters. The van der Waals surface area contributed by atoms with Crippen molar-refractivity contribution in [1.29, 1.82) is 0 Å². The Morgan fingerprint density at radius 1 is 1.40 bits per heavy atom. The summed E-state index contributed by atoms with van der Waals surface area (Å²) in [5.41, 5.74) is 2.29. The summed E-state index contributed by atoms with van der Waals surface area (Å²) in [6.07, 6.45) is 0. The van der Waals surface area contributed by atoms with Gasteiger partial charge in [-0.2, -0.15) is 0 Å². The number of nitrogens with one attached hydrogen (secondary N) is 1. The van der Waals surface area contributed by atoms with E-state index in [-0.39, 0.29) is 11.7 Å². The maximum absolute atomic E-state index is 12.2. The number of carbonyl (C=O) groups is 1. The summed E-state index contributed by atoms with van der Waals surface area (Å²) in [5, 5.41) is 6.63. The third-order valence-corrected chi connectivity index (χ3v) is 4.05. The van der Waals surface area contributed by atoms with Gasteiger partial charge in [-0.05, 0) is 32.0 Å². The van der Waals surface area contributed by atoms with Crippen LogP contribution in [0.1, 0.15) is 21.8 Å². The average molecular weight is 307 g/mol. The van der Waals surface area contributed by atoms with Crippen LogP contribution >= 0.6 is 22.9 Å². The molecule has 1 aromatic carbocycles. The number of thiazole rings is 1. The van der Waals surface area contributed by atoms with Crippen molar-refractivity contribution in [1.82, 2.24) is 4.98 Å². The molecular formula is C14H11ClN2O2S. The molecule has 6 heteroatoms. The second-order valence-electron chi connectivity index (χ2n) is 4.44. The number of amides is 1. The van der Waals surface area contributed by atoms with E-state index in [2.05, 4.69) is 10.3 Å². The molecule has 0 saturated carbocycles. The zero-order chi connectivity index (χ0) is 14.3. The maximum Gasteiger partial charge on any atom is 0.293 e. The van der Waals surface area contributed by atoms with Crippen LogP contribution in [0.3, 0.4) is 0 Å². The van der Waals surface area contributed by atoms with Crippen molar-refractivity contribution < 1.29 is 9.21 Å². The van der Waals surface area contributed by atoms with E-state index >= 15 is 0 Å². The molecule has 2 aromatic heterocycles. The van der Waals surface area contributed by atoms with E-state index in [4.69, 9.17) is 16.0 Å². The molecule has 3 rings (SSSR count). The Labute approximate surface area is 124 Å². The summed E-state index contributed by atoms with van der Waals surface area (Å²) in [6.45, 7) is 3.71. The Kier molecular flexibility index (Phi) is 3.23. The first-order valence-corrected chi connectivity index (χ1v) is 7.22. The highest BCUT2D eigenvalue weighted by Crippen LogP contribution is 2.28. The molecule has 3 aromatic rings.